The number of nitrogens with zero attached hydrogens (tertiary/aromatic N) is 1. The number of ketones is 1. The smallest absolute Gasteiger partial charge is 0.243 e. The second-order valence-electron chi connectivity index (χ2n) is 12.8. The number of benzene rings is 2. The summed E-state index contributed by atoms with van der Waals surface area (Å²) < 4.78 is 16.7. The maximum Gasteiger partial charge on any atom is 0.243 e. The van der Waals surface area contributed by atoms with Crippen molar-refractivity contribution >= 4 is 40.2 Å². The minimum absolute atomic E-state index is 0.00838. The average molecular weight is 697 g/mol. The van der Waals surface area contributed by atoms with Crippen molar-refractivity contribution in [3.05, 3.63) is 71.8 Å². The molecule has 0 spiro atoms. The Morgan fingerprint density at radius 1 is 0.796 bits per heavy atom. The van der Waals surface area contributed by atoms with Crippen LogP contribution in [0.25, 0.3) is 0 Å². The van der Waals surface area contributed by atoms with Crippen molar-refractivity contribution < 1.29 is 32.9 Å². The second-order valence-corrected chi connectivity index (χ2v) is 14.5. The monoisotopic (exact) mass is 696 g/mol. The molecule has 2 aliphatic rings. The van der Waals surface area contributed by atoms with E-state index in [-0.39, 0.29) is 44.1 Å². The highest BCUT2D eigenvalue weighted by Crippen LogP contribution is 2.12. The Labute approximate surface area is 290 Å². The highest BCUT2D eigenvalue weighted by Gasteiger charge is 2.33. The minimum Gasteiger partial charge on any atom is -0.365 e. The second kappa shape index (κ2) is 19.3. The molecule has 0 aromatic heterocycles. The van der Waals surface area contributed by atoms with E-state index in [2.05, 4.69) is 26.7 Å². The number of hydrazine groups is 1. The van der Waals surface area contributed by atoms with Crippen molar-refractivity contribution in [2.45, 2.75) is 63.8 Å². The lowest BCUT2D eigenvalue weighted by molar-refractivity contribution is -0.134. The zero-order valence-corrected chi connectivity index (χ0v) is 29.0. The summed E-state index contributed by atoms with van der Waals surface area (Å²) in [6.45, 7) is 5.00. The highest BCUT2D eigenvalue weighted by molar-refractivity contribution is 7.85. The van der Waals surface area contributed by atoms with Gasteiger partial charge in [-0.1, -0.05) is 74.5 Å². The molecule has 2 aromatic rings. The molecule has 2 aliphatic heterocycles. The van der Waals surface area contributed by atoms with E-state index in [1.54, 1.807) is 0 Å². The zero-order valence-electron chi connectivity index (χ0n) is 28.2. The van der Waals surface area contributed by atoms with Crippen LogP contribution in [0.1, 0.15) is 37.8 Å². The number of Topliss-reactive ketones (excluding diaryl/α,β-unsaturated/α-hetero) is 1. The highest BCUT2D eigenvalue weighted by atomic mass is 32.2. The van der Waals surface area contributed by atoms with Crippen LogP contribution < -0.4 is 26.7 Å². The van der Waals surface area contributed by atoms with Gasteiger partial charge in [-0.2, -0.15) is 0 Å². The van der Waals surface area contributed by atoms with Gasteiger partial charge in [0.05, 0.1) is 19.7 Å². The van der Waals surface area contributed by atoms with E-state index in [0.29, 0.717) is 37.6 Å². The number of ether oxygens (including phenoxy) is 1. The molecule has 4 amide bonds. The van der Waals surface area contributed by atoms with Crippen LogP contribution in [0, 0.1) is 5.92 Å². The van der Waals surface area contributed by atoms with Crippen molar-refractivity contribution in [1.82, 2.24) is 31.7 Å². The molecule has 2 heterocycles. The normalized spacial score (nSPS) is 18.1. The van der Waals surface area contributed by atoms with Crippen LogP contribution in [0.3, 0.4) is 0 Å². The van der Waals surface area contributed by atoms with Gasteiger partial charge in [0.1, 0.15) is 24.2 Å². The van der Waals surface area contributed by atoms with Crippen molar-refractivity contribution in [3.8, 4) is 0 Å². The van der Waals surface area contributed by atoms with Crippen LogP contribution in [0.2, 0.25) is 0 Å². The molecule has 266 valence electrons. The summed E-state index contributed by atoms with van der Waals surface area (Å²) in [5.74, 6) is -1.17. The molecule has 5 N–H and O–H groups in total. The van der Waals surface area contributed by atoms with Gasteiger partial charge >= 0.3 is 0 Å². The molecule has 2 saturated heterocycles. The van der Waals surface area contributed by atoms with Crippen molar-refractivity contribution in [2.24, 2.45) is 5.92 Å². The number of rotatable bonds is 19. The van der Waals surface area contributed by atoms with Crippen molar-refractivity contribution in [3.63, 3.8) is 0 Å². The van der Waals surface area contributed by atoms with Gasteiger partial charge in [0.2, 0.25) is 23.6 Å². The molecule has 13 nitrogen and oxygen atoms in total. The van der Waals surface area contributed by atoms with Crippen molar-refractivity contribution in [1.29, 1.82) is 0 Å². The lowest BCUT2D eigenvalue weighted by atomic mass is 9.99. The molecule has 2 aromatic carbocycles. The number of hydrogen-bond acceptors (Lipinski definition) is 9. The van der Waals surface area contributed by atoms with Gasteiger partial charge in [-0.15, -0.1) is 0 Å². The Morgan fingerprint density at radius 3 is 2.00 bits per heavy atom. The maximum absolute atomic E-state index is 13.8. The summed E-state index contributed by atoms with van der Waals surface area (Å²) in [6, 6.07) is 15.8. The molecule has 2 fully saturated rings. The largest absolute Gasteiger partial charge is 0.365 e. The van der Waals surface area contributed by atoms with E-state index in [4.69, 9.17) is 4.74 Å². The van der Waals surface area contributed by atoms with Gasteiger partial charge in [0, 0.05) is 41.8 Å². The topological polar surface area (TPSA) is 178 Å². The molecule has 4 rings (SSSR count). The van der Waals surface area contributed by atoms with Gasteiger partial charge in [-0.3, -0.25) is 28.2 Å². The van der Waals surface area contributed by atoms with Gasteiger partial charge in [-0.25, -0.2) is 10.4 Å². The number of amides is 4. The summed E-state index contributed by atoms with van der Waals surface area (Å²) in [4.78, 5) is 66.0. The number of aryl methyl sites for hydroxylation is 1. The molecule has 4 atom stereocenters. The van der Waals surface area contributed by atoms with Crippen LogP contribution in [0.15, 0.2) is 60.7 Å². The van der Waals surface area contributed by atoms with E-state index < -0.39 is 58.7 Å². The fourth-order valence-electron chi connectivity index (χ4n) is 5.40. The molecule has 0 unspecified atom stereocenters. The van der Waals surface area contributed by atoms with E-state index >= 15 is 0 Å². The average Bonchev–Trinajstić information content (AvgIpc) is 3.95. The van der Waals surface area contributed by atoms with Crippen molar-refractivity contribution in [2.75, 3.05) is 44.3 Å². The van der Waals surface area contributed by atoms with Gasteiger partial charge in [0.15, 0.2) is 5.78 Å². The Kier molecular flexibility index (Phi) is 14.9. The number of epoxide rings is 1. The molecule has 0 radical (unpaired) electrons. The SMILES string of the molecule is CC(C)C[C@H](NC(=O)[C@H](CCc1ccccc1)NC(=O)CNN1CCS(=O)CC1)C(=O)N[C@@H](Cc1ccccc1)C(=O)NCC(=O)[C@H]1CO1. The summed E-state index contributed by atoms with van der Waals surface area (Å²) in [5.41, 5.74) is 4.85. The van der Waals surface area contributed by atoms with Crippen LogP contribution in [-0.4, -0.2) is 107 Å². The first-order valence-corrected chi connectivity index (χ1v) is 18.3. The van der Waals surface area contributed by atoms with E-state index in [1.807, 2.05) is 79.5 Å². The summed E-state index contributed by atoms with van der Waals surface area (Å²) in [6.07, 6.45) is 0.750. The third-order valence-electron chi connectivity index (χ3n) is 8.24. The van der Waals surface area contributed by atoms with Crippen LogP contribution >= 0.6 is 0 Å². The number of carbonyl (C=O) groups excluding carboxylic acids is 5. The van der Waals surface area contributed by atoms with E-state index in [0.717, 1.165) is 11.1 Å². The standard InChI is InChI=1S/C35H48N6O7S/c1-24(2)19-28(35(46)40-29(20-26-11-7-4-8-12-26)33(44)36-21-30(42)31-23-48-31)39-34(45)27(14-13-25-9-5-3-6-10-25)38-32(43)22-37-41-15-17-49(47)18-16-41/h3-12,24,27-29,31,37H,13-23H2,1-2H3,(H,36,44)(H,38,43)(H,39,45)(H,40,46)/t27-,28-,29-,31+/m0/s1. The van der Waals surface area contributed by atoms with E-state index in [1.165, 1.54) is 0 Å². The predicted molar refractivity (Wildman–Crippen MR) is 185 cm³/mol. The third-order valence-corrected chi connectivity index (χ3v) is 9.52. The first-order valence-electron chi connectivity index (χ1n) is 16.8. The lowest BCUT2D eigenvalue weighted by Crippen LogP contribution is -2.58. The Morgan fingerprint density at radius 2 is 1.39 bits per heavy atom. The molecular formula is C35H48N6O7S. The first kappa shape index (κ1) is 37.8. The molecular weight excluding hydrogens is 648 g/mol. The molecule has 0 bridgehead atoms. The molecule has 14 heteroatoms. The summed E-state index contributed by atoms with van der Waals surface area (Å²) in [7, 11) is -0.854. The number of hydrogen-bond donors (Lipinski definition) is 5. The molecule has 49 heavy (non-hydrogen) atoms. The Hall–Kier alpha value is -3.98. The van der Waals surface area contributed by atoms with Gasteiger partial charge < -0.3 is 26.0 Å². The van der Waals surface area contributed by atoms with Crippen LogP contribution in [-0.2, 0) is 52.4 Å². The lowest BCUT2D eigenvalue weighted by Gasteiger charge is -2.28. The summed E-state index contributed by atoms with van der Waals surface area (Å²) >= 11 is 0. The van der Waals surface area contributed by atoms with E-state index in [9.17, 15) is 28.2 Å². The third kappa shape index (κ3) is 13.4. The fraction of sp³-hybridized carbons (Fsp3) is 0.514. The van der Waals surface area contributed by atoms with Crippen LogP contribution in [0.5, 0.6) is 0 Å². The predicted octanol–water partition coefficient (Wildman–Crippen LogP) is 0.0154. The Bertz CT molecular complexity index is 1430. The zero-order chi connectivity index (χ0) is 35.2. The Balaban J connectivity index is 1.43. The minimum atomic E-state index is -1.01. The molecule has 0 aliphatic carbocycles. The summed E-state index contributed by atoms with van der Waals surface area (Å²) in [5, 5.41) is 13.0. The number of nitrogens with one attached hydrogen (secondary N) is 5. The van der Waals surface area contributed by atoms with Gasteiger partial charge in [0.25, 0.3) is 0 Å². The van der Waals surface area contributed by atoms with Gasteiger partial charge in [-0.05, 0) is 36.3 Å². The first-order chi connectivity index (χ1) is 23.6. The molecule has 0 saturated carbocycles. The van der Waals surface area contributed by atoms with Crippen LogP contribution in [0.4, 0.5) is 0 Å². The maximum atomic E-state index is 13.8. The number of carbonyl (C=O) groups is 5. The quantitative estimate of drug-likeness (QED) is 0.127. The fourth-order valence-corrected chi connectivity index (χ4v) is 6.45.